The van der Waals surface area contributed by atoms with Crippen LogP contribution in [0.5, 0.6) is 0 Å². The predicted octanol–water partition coefficient (Wildman–Crippen LogP) is 5.19. The molecule has 3 heteroatoms. The molecule has 2 aromatic rings. The summed E-state index contributed by atoms with van der Waals surface area (Å²) in [5.74, 6) is 0.609. The summed E-state index contributed by atoms with van der Waals surface area (Å²) in [6.45, 7) is 5.45. The van der Waals surface area contributed by atoms with E-state index >= 15 is 0 Å². The molecule has 114 valence electrons. The fourth-order valence-electron chi connectivity index (χ4n) is 3.64. The molecule has 1 aliphatic carbocycles. The van der Waals surface area contributed by atoms with Crippen LogP contribution in [0.3, 0.4) is 0 Å². The van der Waals surface area contributed by atoms with Crippen molar-refractivity contribution < 1.29 is 8.81 Å². The first-order valence-corrected chi connectivity index (χ1v) is 8.05. The van der Waals surface area contributed by atoms with E-state index in [1.165, 1.54) is 31.7 Å². The summed E-state index contributed by atoms with van der Waals surface area (Å²) in [5.41, 5.74) is 0.594. The van der Waals surface area contributed by atoms with Gasteiger partial charge in [0.25, 0.3) is 0 Å². The fourth-order valence-corrected chi connectivity index (χ4v) is 3.64. The number of benzene rings is 1. The highest BCUT2D eigenvalue weighted by atomic mass is 19.1. The van der Waals surface area contributed by atoms with Crippen LogP contribution in [-0.4, -0.2) is 6.54 Å². The zero-order valence-electron chi connectivity index (χ0n) is 12.9. The molecule has 1 atom stereocenters. The summed E-state index contributed by atoms with van der Waals surface area (Å²) in [5, 5.41) is 4.49. The number of fused-ring (bicyclic) bond motifs is 1. The maximum Gasteiger partial charge on any atom is 0.169 e. The molecule has 1 aromatic heterocycles. The van der Waals surface area contributed by atoms with Gasteiger partial charge in [0.05, 0.1) is 6.04 Å². The molecule has 1 aromatic carbocycles. The third-order valence-corrected chi connectivity index (χ3v) is 4.84. The predicted molar refractivity (Wildman–Crippen MR) is 83.8 cm³/mol. The summed E-state index contributed by atoms with van der Waals surface area (Å²) in [4.78, 5) is 0. The van der Waals surface area contributed by atoms with E-state index in [9.17, 15) is 4.39 Å². The van der Waals surface area contributed by atoms with E-state index in [0.29, 0.717) is 5.58 Å². The van der Waals surface area contributed by atoms with Crippen molar-refractivity contribution in [2.45, 2.75) is 52.0 Å². The summed E-state index contributed by atoms with van der Waals surface area (Å²) in [7, 11) is 0. The van der Waals surface area contributed by atoms with Crippen LogP contribution in [0.1, 0.15) is 57.8 Å². The maximum atomic E-state index is 13.9. The normalized spacial score (nSPS) is 19.2. The first-order chi connectivity index (χ1) is 10.1. The monoisotopic (exact) mass is 289 g/mol. The standard InChI is InChI=1S/C18H24FNO/c1-3-11-20-17(18(2)9-4-5-10-18)15-12-13-7-6-8-14(19)16(13)21-15/h6-8,12,17,20H,3-5,9-11H2,1-2H3. The second-order valence-corrected chi connectivity index (χ2v) is 6.56. The molecule has 0 spiro atoms. The van der Waals surface area contributed by atoms with Crippen molar-refractivity contribution >= 4 is 11.0 Å². The van der Waals surface area contributed by atoms with Gasteiger partial charge < -0.3 is 9.73 Å². The molecule has 1 N–H and O–H groups in total. The first-order valence-electron chi connectivity index (χ1n) is 8.05. The molecule has 0 saturated heterocycles. The van der Waals surface area contributed by atoms with Gasteiger partial charge >= 0.3 is 0 Å². The average Bonchev–Trinajstić information content (AvgIpc) is 3.07. The van der Waals surface area contributed by atoms with Crippen LogP contribution in [0.2, 0.25) is 0 Å². The van der Waals surface area contributed by atoms with Crippen LogP contribution in [0.25, 0.3) is 11.0 Å². The first kappa shape index (κ1) is 14.6. The molecule has 0 bridgehead atoms. The molecule has 1 aliphatic rings. The van der Waals surface area contributed by atoms with Crippen LogP contribution in [0.4, 0.5) is 4.39 Å². The Morgan fingerprint density at radius 3 is 2.76 bits per heavy atom. The van der Waals surface area contributed by atoms with Gasteiger partial charge in [-0.3, -0.25) is 0 Å². The van der Waals surface area contributed by atoms with E-state index < -0.39 is 0 Å². The Hall–Kier alpha value is -1.35. The van der Waals surface area contributed by atoms with Crippen molar-refractivity contribution in [1.82, 2.24) is 5.32 Å². The molecule has 2 nitrogen and oxygen atoms in total. The number of halogens is 1. The van der Waals surface area contributed by atoms with Crippen molar-refractivity contribution in [1.29, 1.82) is 0 Å². The summed E-state index contributed by atoms with van der Waals surface area (Å²) < 4.78 is 19.8. The van der Waals surface area contributed by atoms with Gasteiger partial charge in [0.15, 0.2) is 11.4 Å². The molecule has 0 radical (unpaired) electrons. The van der Waals surface area contributed by atoms with E-state index in [2.05, 4.69) is 19.2 Å². The Kier molecular flexibility index (Phi) is 4.03. The minimum atomic E-state index is -0.274. The molecule has 3 rings (SSSR count). The van der Waals surface area contributed by atoms with Crippen molar-refractivity contribution in [2.24, 2.45) is 5.41 Å². The lowest BCUT2D eigenvalue weighted by molar-refractivity contribution is 0.199. The lowest BCUT2D eigenvalue weighted by Crippen LogP contribution is -2.34. The number of hydrogen-bond donors (Lipinski definition) is 1. The minimum absolute atomic E-state index is 0.173. The lowest BCUT2D eigenvalue weighted by Gasteiger charge is -2.33. The molecule has 0 aliphatic heterocycles. The smallest absolute Gasteiger partial charge is 0.169 e. The zero-order chi connectivity index (χ0) is 14.9. The molecular formula is C18H24FNO. The van der Waals surface area contributed by atoms with E-state index in [-0.39, 0.29) is 17.3 Å². The molecule has 1 fully saturated rings. The van der Waals surface area contributed by atoms with Crippen molar-refractivity contribution in [3.63, 3.8) is 0 Å². The van der Waals surface area contributed by atoms with Crippen LogP contribution < -0.4 is 5.32 Å². The Labute approximate surface area is 125 Å². The second kappa shape index (κ2) is 5.80. The van der Waals surface area contributed by atoms with Crippen molar-refractivity contribution in [3.8, 4) is 0 Å². The van der Waals surface area contributed by atoms with Gasteiger partial charge in [-0.1, -0.05) is 38.8 Å². The largest absolute Gasteiger partial charge is 0.456 e. The van der Waals surface area contributed by atoms with Crippen LogP contribution in [-0.2, 0) is 0 Å². The fraction of sp³-hybridized carbons (Fsp3) is 0.556. The van der Waals surface area contributed by atoms with Crippen LogP contribution in [0, 0.1) is 11.2 Å². The molecular weight excluding hydrogens is 265 g/mol. The number of nitrogens with one attached hydrogen (secondary N) is 1. The molecule has 1 saturated carbocycles. The molecule has 0 amide bonds. The summed E-state index contributed by atoms with van der Waals surface area (Å²) in [6.07, 6.45) is 6.04. The summed E-state index contributed by atoms with van der Waals surface area (Å²) in [6, 6.07) is 7.30. The number of furan rings is 1. The highest BCUT2D eigenvalue weighted by Gasteiger charge is 2.39. The topological polar surface area (TPSA) is 25.2 Å². The Balaban J connectivity index is 1.99. The number of para-hydroxylation sites is 1. The van der Waals surface area contributed by atoms with Gasteiger partial charge in [-0.25, -0.2) is 4.39 Å². The Bertz CT molecular complexity index is 613. The van der Waals surface area contributed by atoms with Crippen molar-refractivity contribution in [3.05, 3.63) is 35.8 Å². The molecule has 1 heterocycles. The van der Waals surface area contributed by atoms with Crippen molar-refractivity contribution in [2.75, 3.05) is 6.54 Å². The quantitative estimate of drug-likeness (QED) is 0.819. The minimum Gasteiger partial charge on any atom is -0.456 e. The molecule has 1 unspecified atom stereocenters. The third kappa shape index (κ3) is 2.71. The number of hydrogen-bond acceptors (Lipinski definition) is 2. The zero-order valence-corrected chi connectivity index (χ0v) is 12.9. The third-order valence-electron chi connectivity index (χ3n) is 4.84. The van der Waals surface area contributed by atoms with E-state index in [0.717, 1.165) is 24.1 Å². The lowest BCUT2D eigenvalue weighted by atomic mass is 9.79. The Morgan fingerprint density at radius 1 is 1.33 bits per heavy atom. The highest BCUT2D eigenvalue weighted by Crippen LogP contribution is 2.48. The van der Waals surface area contributed by atoms with E-state index in [1.54, 1.807) is 6.07 Å². The SMILES string of the molecule is CCCNC(c1cc2cccc(F)c2o1)C1(C)CCCC1. The second-order valence-electron chi connectivity index (χ2n) is 6.56. The number of rotatable bonds is 5. The van der Waals surface area contributed by atoms with Crippen LogP contribution in [0.15, 0.2) is 28.7 Å². The summed E-state index contributed by atoms with van der Waals surface area (Å²) >= 11 is 0. The average molecular weight is 289 g/mol. The van der Waals surface area contributed by atoms with E-state index in [4.69, 9.17) is 4.42 Å². The highest BCUT2D eigenvalue weighted by molar-refractivity contribution is 5.78. The van der Waals surface area contributed by atoms with Gasteiger partial charge in [-0.05, 0) is 43.4 Å². The van der Waals surface area contributed by atoms with Gasteiger partial charge in [0.2, 0.25) is 0 Å². The molecule has 21 heavy (non-hydrogen) atoms. The van der Waals surface area contributed by atoms with Gasteiger partial charge in [0, 0.05) is 5.39 Å². The van der Waals surface area contributed by atoms with Gasteiger partial charge in [-0.15, -0.1) is 0 Å². The van der Waals surface area contributed by atoms with Gasteiger partial charge in [0.1, 0.15) is 5.76 Å². The van der Waals surface area contributed by atoms with E-state index in [1.807, 2.05) is 12.1 Å². The maximum absolute atomic E-state index is 13.9. The van der Waals surface area contributed by atoms with Crippen LogP contribution >= 0.6 is 0 Å². The Morgan fingerprint density at radius 2 is 2.10 bits per heavy atom. The van der Waals surface area contributed by atoms with Gasteiger partial charge in [-0.2, -0.15) is 0 Å².